The van der Waals surface area contributed by atoms with Gasteiger partial charge in [-0.15, -0.1) is 0 Å². The van der Waals surface area contributed by atoms with Crippen LogP contribution in [-0.4, -0.2) is 21.3 Å². The topological polar surface area (TPSA) is 90.4 Å². The van der Waals surface area contributed by atoms with Gasteiger partial charge in [0.25, 0.3) is 5.56 Å². The zero-order valence-corrected chi connectivity index (χ0v) is 10.6. The average molecular weight is 258 g/mol. The van der Waals surface area contributed by atoms with Gasteiger partial charge in [0.15, 0.2) is 0 Å². The minimum Gasteiger partial charge on any atom is -0.508 e. The molecule has 0 saturated carbocycles. The first-order chi connectivity index (χ1) is 9.06. The molecule has 6 heteroatoms. The van der Waals surface area contributed by atoms with Gasteiger partial charge >= 0.3 is 0 Å². The van der Waals surface area contributed by atoms with Crippen LogP contribution in [0.25, 0.3) is 0 Å². The summed E-state index contributed by atoms with van der Waals surface area (Å²) in [4.78, 5) is 18.3. The molecule has 6 nitrogen and oxygen atoms in total. The standard InChI is InChI=1S/C13H14N4O2/c1-8-9(2)15-13(16-12(8)19)17-14-7-10-3-5-11(18)6-4-10/h3-7,18H,1-2H3,(H2,15,16,17,19)/b14-7-. The lowest BCUT2D eigenvalue weighted by Crippen LogP contribution is -2.15. The Morgan fingerprint density at radius 1 is 1.32 bits per heavy atom. The number of benzene rings is 1. The smallest absolute Gasteiger partial charge is 0.255 e. The van der Waals surface area contributed by atoms with Crippen LogP contribution in [0.15, 0.2) is 34.2 Å². The lowest BCUT2D eigenvalue weighted by Gasteiger charge is -2.02. The molecule has 1 aromatic heterocycles. The number of hydrogen-bond acceptors (Lipinski definition) is 5. The number of nitrogens with zero attached hydrogens (tertiary/aromatic N) is 2. The van der Waals surface area contributed by atoms with Crippen LogP contribution in [0.1, 0.15) is 16.8 Å². The number of nitrogens with one attached hydrogen (secondary N) is 2. The molecule has 0 unspecified atom stereocenters. The van der Waals surface area contributed by atoms with Gasteiger partial charge in [-0.3, -0.25) is 9.78 Å². The molecule has 0 amide bonds. The number of hydrazone groups is 1. The summed E-state index contributed by atoms with van der Waals surface area (Å²) in [5, 5.41) is 13.1. The fourth-order valence-corrected chi connectivity index (χ4v) is 1.43. The highest BCUT2D eigenvalue weighted by Crippen LogP contribution is 2.08. The van der Waals surface area contributed by atoms with Crippen LogP contribution in [0.5, 0.6) is 5.75 Å². The molecule has 0 radical (unpaired) electrons. The molecule has 1 heterocycles. The Kier molecular flexibility index (Phi) is 3.61. The zero-order valence-electron chi connectivity index (χ0n) is 10.6. The average Bonchev–Trinajstić information content (AvgIpc) is 2.38. The van der Waals surface area contributed by atoms with Crippen LogP contribution >= 0.6 is 0 Å². The number of rotatable bonds is 3. The molecule has 0 aliphatic carbocycles. The van der Waals surface area contributed by atoms with Crippen molar-refractivity contribution in [2.45, 2.75) is 13.8 Å². The predicted octanol–water partition coefficient (Wildman–Crippen LogP) is 1.54. The molecule has 0 fully saturated rings. The van der Waals surface area contributed by atoms with Crippen LogP contribution in [-0.2, 0) is 0 Å². The zero-order chi connectivity index (χ0) is 13.8. The second-order valence-electron chi connectivity index (χ2n) is 4.09. The predicted molar refractivity (Wildman–Crippen MR) is 73.7 cm³/mol. The Morgan fingerprint density at radius 3 is 2.63 bits per heavy atom. The van der Waals surface area contributed by atoms with E-state index >= 15 is 0 Å². The van der Waals surface area contributed by atoms with E-state index in [0.29, 0.717) is 17.2 Å². The number of anilines is 1. The molecule has 2 rings (SSSR count). The molecule has 0 bridgehead atoms. The van der Waals surface area contributed by atoms with Gasteiger partial charge in [0.2, 0.25) is 5.95 Å². The summed E-state index contributed by atoms with van der Waals surface area (Å²) >= 11 is 0. The first-order valence-corrected chi connectivity index (χ1v) is 5.72. The Hall–Kier alpha value is -2.63. The number of phenolic OH excluding ortho intramolecular Hbond substituents is 1. The van der Waals surface area contributed by atoms with Crippen molar-refractivity contribution in [3.8, 4) is 5.75 Å². The van der Waals surface area contributed by atoms with Gasteiger partial charge < -0.3 is 5.11 Å². The largest absolute Gasteiger partial charge is 0.508 e. The van der Waals surface area contributed by atoms with Crippen molar-refractivity contribution >= 4 is 12.2 Å². The van der Waals surface area contributed by atoms with Crippen LogP contribution in [0.4, 0.5) is 5.95 Å². The highest BCUT2D eigenvalue weighted by atomic mass is 16.3. The lowest BCUT2D eigenvalue weighted by molar-refractivity contribution is 0.475. The maximum atomic E-state index is 11.5. The van der Waals surface area contributed by atoms with E-state index in [9.17, 15) is 4.79 Å². The Balaban J connectivity index is 2.10. The first kappa shape index (κ1) is 12.8. The fraction of sp³-hybridized carbons (Fsp3) is 0.154. The number of aromatic nitrogens is 2. The molecule has 0 aliphatic heterocycles. The van der Waals surface area contributed by atoms with Crippen molar-refractivity contribution in [3.63, 3.8) is 0 Å². The second-order valence-corrected chi connectivity index (χ2v) is 4.09. The van der Waals surface area contributed by atoms with E-state index in [1.165, 1.54) is 0 Å². The van der Waals surface area contributed by atoms with Gasteiger partial charge in [-0.25, -0.2) is 10.4 Å². The molecule has 0 saturated heterocycles. The maximum Gasteiger partial charge on any atom is 0.255 e. The highest BCUT2D eigenvalue weighted by molar-refractivity contribution is 5.80. The van der Waals surface area contributed by atoms with Crippen molar-refractivity contribution in [2.75, 3.05) is 5.43 Å². The van der Waals surface area contributed by atoms with Gasteiger partial charge in [0, 0.05) is 11.3 Å². The molecular formula is C13H14N4O2. The number of H-pyrrole nitrogens is 1. The Bertz CT molecular complexity index is 659. The van der Waals surface area contributed by atoms with Gasteiger partial charge in [0.05, 0.1) is 6.21 Å². The van der Waals surface area contributed by atoms with Crippen molar-refractivity contribution in [1.29, 1.82) is 0 Å². The Labute approximate surface area is 109 Å². The minimum absolute atomic E-state index is 0.185. The summed E-state index contributed by atoms with van der Waals surface area (Å²) < 4.78 is 0. The van der Waals surface area contributed by atoms with Crippen molar-refractivity contribution < 1.29 is 5.11 Å². The van der Waals surface area contributed by atoms with Gasteiger partial charge in [-0.1, -0.05) is 0 Å². The first-order valence-electron chi connectivity index (χ1n) is 5.72. The monoisotopic (exact) mass is 258 g/mol. The number of hydrogen-bond donors (Lipinski definition) is 3. The second kappa shape index (κ2) is 5.34. The minimum atomic E-state index is -0.185. The third-order valence-corrected chi connectivity index (χ3v) is 2.67. The third kappa shape index (κ3) is 3.19. The van der Waals surface area contributed by atoms with E-state index in [2.05, 4.69) is 20.5 Å². The van der Waals surface area contributed by atoms with E-state index in [-0.39, 0.29) is 11.3 Å². The lowest BCUT2D eigenvalue weighted by atomic mass is 10.2. The molecule has 1 aromatic carbocycles. The van der Waals surface area contributed by atoms with Crippen LogP contribution < -0.4 is 11.0 Å². The number of phenols is 1. The van der Waals surface area contributed by atoms with E-state index in [1.807, 2.05) is 0 Å². The SMILES string of the molecule is Cc1nc(N/N=C\c2ccc(O)cc2)[nH]c(=O)c1C. The van der Waals surface area contributed by atoms with Crippen LogP contribution in [0.3, 0.4) is 0 Å². The third-order valence-electron chi connectivity index (χ3n) is 2.67. The molecule has 3 N–H and O–H groups in total. The summed E-state index contributed by atoms with van der Waals surface area (Å²) in [7, 11) is 0. The normalized spacial score (nSPS) is 10.8. The molecular weight excluding hydrogens is 244 g/mol. The summed E-state index contributed by atoms with van der Waals surface area (Å²) in [6.07, 6.45) is 1.56. The highest BCUT2D eigenvalue weighted by Gasteiger charge is 2.01. The van der Waals surface area contributed by atoms with E-state index in [1.54, 1.807) is 44.3 Å². The quantitative estimate of drug-likeness (QED) is 0.575. The van der Waals surface area contributed by atoms with E-state index in [0.717, 1.165) is 5.56 Å². The number of aromatic amines is 1. The maximum absolute atomic E-state index is 11.5. The molecule has 98 valence electrons. The van der Waals surface area contributed by atoms with Crippen molar-refractivity contribution in [2.24, 2.45) is 5.10 Å². The van der Waals surface area contributed by atoms with E-state index in [4.69, 9.17) is 5.11 Å². The molecule has 0 spiro atoms. The molecule has 0 atom stereocenters. The summed E-state index contributed by atoms with van der Waals surface area (Å²) in [5.41, 5.74) is 4.54. The Morgan fingerprint density at radius 2 is 2.00 bits per heavy atom. The van der Waals surface area contributed by atoms with Crippen molar-refractivity contribution in [3.05, 3.63) is 51.4 Å². The summed E-state index contributed by atoms with van der Waals surface area (Å²) in [6, 6.07) is 6.57. The van der Waals surface area contributed by atoms with Gasteiger partial charge in [-0.05, 0) is 43.7 Å². The summed E-state index contributed by atoms with van der Waals surface area (Å²) in [5.74, 6) is 0.494. The molecule has 0 aliphatic rings. The van der Waals surface area contributed by atoms with Crippen LogP contribution in [0.2, 0.25) is 0 Å². The van der Waals surface area contributed by atoms with Crippen molar-refractivity contribution in [1.82, 2.24) is 9.97 Å². The molecule has 19 heavy (non-hydrogen) atoms. The fourth-order valence-electron chi connectivity index (χ4n) is 1.43. The summed E-state index contributed by atoms with van der Waals surface area (Å²) in [6.45, 7) is 3.48. The van der Waals surface area contributed by atoms with E-state index < -0.39 is 0 Å². The van der Waals surface area contributed by atoms with Gasteiger partial charge in [-0.2, -0.15) is 5.10 Å². The number of aryl methyl sites for hydroxylation is 1. The number of aromatic hydroxyl groups is 1. The molecule has 2 aromatic rings. The van der Waals surface area contributed by atoms with Gasteiger partial charge in [0.1, 0.15) is 5.75 Å². The van der Waals surface area contributed by atoms with Crippen LogP contribution in [0, 0.1) is 13.8 Å².